The van der Waals surface area contributed by atoms with Gasteiger partial charge in [0.25, 0.3) is 0 Å². The average Bonchev–Trinajstić information content (AvgIpc) is 3.03. The van der Waals surface area contributed by atoms with E-state index in [2.05, 4.69) is 115 Å². The van der Waals surface area contributed by atoms with Gasteiger partial charge in [0.2, 0.25) is 0 Å². The lowest BCUT2D eigenvalue weighted by Crippen LogP contribution is -2.38. The van der Waals surface area contributed by atoms with Gasteiger partial charge in [0.05, 0.1) is 0 Å². The Kier molecular flexibility index (Phi) is 10.8. The van der Waals surface area contributed by atoms with Gasteiger partial charge in [-0.2, -0.15) is 26.3 Å². The van der Waals surface area contributed by atoms with Gasteiger partial charge in [0.15, 0.2) is 20.0 Å². The first-order valence-corrected chi connectivity index (χ1v) is 18.0. The molecule has 0 aliphatic heterocycles. The van der Waals surface area contributed by atoms with Crippen LogP contribution in [-0.2, 0) is 20.0 Å². The number of rotatable bonds is 8. The standard InChI is InChI=1S/C30H24OP.C2F6NO4S2/c1-5-13-25(14-6-1)31-26-21-23-30(24-22-26)32(27-15-7-2-8-16-27,28-17-9-3-10-18-28)29-19-11-4-12-20-29;3-1(4,5)14(10,11)9-15(12,13)2(6,7)8/h1-24H;/q+1;-1. The largest absolute Gasteiger partial charge is 0.480 e. The third-order valence-corrected chi connectivity index (χ3v) is 13.4. The van der Waals surface area contributed by atoms with Crippen molar-refractivity contribution in [3.05, 3.63) is 150 Å². The van der Waals surface area contributed by atoms with E-state index in [0.717, 1.165) is 15.6 Å². The second-order valence-corrected chi connectivity index (χ2v) is 16.3. The summed E-state index contributed by atoms with van der Waals surface area (Å²) in [5.41, 5.74) is -12.4. The van der Waals surface area contributed by atoms with Crippen LogP contribution in [0.3, 0.4) is 0 Å². The van der Waals surface area contributed by atoms with Gasteiger partial charge in [-0.1, -0.05) is 72.8 Å². The molecule has 0 aliphatic rings. The molecule has 0 bridgehead atoms. The van der Waals surface area contributed by atoms with Gasteiger partial charge in [0.1, 0.15) is 40.0 Å². The second-order valence-electron chi connectivity index (χ2n) is 9.50. The van der Waals surface area contributed by atoms with Crippen LogP contribution in [0.15, 0.2) is 146 Å². The number of sulfonamides is 2. The molecule has 0 radical (unpaired) electrons. The maximum atomic E-state index is 11.4. The monoisotopic (exact) mass is 711 g/mol. The minimum absolute atomic E-state index is 0.778. The molecule has 0 aliphatic carbocycles. The van der Waals surface area contributed by atoms with Gasteiger partial charge >= 0.3 is 11.0 Å². The topological polar surface area (TPSA) is 91.6 Å². The Morgan fingerprint density at radius 1 is 0.426 bits per heavy atom. The Balaban J connectivity index is 0.000000284. The predicted octanol–water partition coefficient (Wildman–Crippen LogP) is 7.16. The van der Waals surface area contributed by atoms with Crippen molar-refractivity contribution in [3.8, 4) is 11.5 Å². The molecule has 0 N–H and O–H groups in total. The van der Waals surface area contributed by atoms with Crippen LogP contribution in [0.4, 0.5) is 26.3 Å². The van der Waals surface area contributed by atoms with E-state index in [1.807, 2.05) is 30.3 Å². The van der Waals surface area contributed by atoms with Crippen molar-refractivity contribution in [2.45, 2.75) is 11.0 Å². The number of ether oxygens (including phenoxy) is 1. The highest BCUT2D eigenvalue weighted by Gasteiger charge is 2.48. The van der Waals surface area contributed by atoms with Crippen molar-refractivity contribution in [1.29, 1.82) is 0 Å². The molecule has 5 aromatic rings. The average molecular weight is 712 g/mol. The number of hydrogen-bond donors (Lipinski definition) is 0. The highest BCUT2D eigenvalue weighted by molar-refractivity contribution is 8.13. The zero-order valence-corrected chi connectivity index (χ0v) is 26.4. The SMILES string of the molecule is O=S(=O)([N-]S(=O)(=O)C(F)(F)F)C(F)(F)F.c1ccc(Oc2ccc([P+](c3ccccc3)(c3ccccc3)c3ccccc3)cc2)cc1. The van der Waals surface area contributed by atoms with Gasteiger partial charge in [-0.05, 0) is 72.8 Å². The van der Waals surface area contributed by atoms with Crippen molar-refractivity contribution in [2.75, 3.05) is 0 Å². The molecule has 0 amide bonds. The highest BCUT2D eigenvalue weighted by atomic mass is 32.3. The Morgan fingerprint density at radius 3 is 1.02 bits per heavy atom. The van der Waals surface area contributed by atoms with E-state index in [-0.39, 0.29) is 0 Å². The summed E-state index contributed by atoms with van der Waals surface area (Å²) in [6.45, 7) is 0. The fourth-order valence-corrected chi connectivity index (χ4v) is 10.4. The molecule has 5 rings (SSSR count). The van der Waals surface area contributed by atoms with Crippen LogP contribution in [0.25, 0.3) is 4.13 Å². The van der Waals surface area contributed by atoms with Crippen molar-refractivity contribution >= 4 is 48.5 Å². The van der Waals surface area contributed by atoms with E-state index >= 15 is 0 Å². The zero-order valence-electron chi connectivity index (χ0n) is 23.9. The Hall–Kier alpha value is -4.23. The van der Waals surface area contributed by atoms with E-state index in [4.69, 9.17) is 4.74 Å². The van der Waals surface area contributed by atoms with Crippen LogP contribution in [0.2, 0.25) is 0 Å². The molecule has 0 unspecified atom stereocenters. The molecule has 0 heterocycles. The normalized spacial score (nSPS) is 12.5. The number of hydrogen-bond acceptors (Lipinski definition) is 5. The van der Waals surface area contributed by atoms with Crippen LogP contribution in [0, 0.1) is 0 Å². The van der Waals surface area contributed by atoms with Crippen LogP contribution >= 0.6 is 7.26 Å². The first-order chi connectivity index (χ1) is 22.1. The highest BCUT2D eigenvalue weighted by Crippen LogP contribution is 2.54. The number of alkyl halides is 6. The fraction of sp³-hybridized carbons (Fsp3) is 0.0625. The molecule has 47 heavy (non-hydrogen) atoms. The molecule has 0 fully saturated rings. The minimum Gasteiger partial charge on any atom is -0.457 e. The van der Waals surface area contributed by atoms with E-state index in [1.165, 1.54) is 21.2 Å². The third kappa shape index (κ3) is 8.20. The molecule has 246 valence electrons. The van der Waals surface area contributed by atoms with Gasteiger partial charge in [-0.3, -0.25) is 0 Å². The summed E-state index contributed by atoms with van der Waals surface area (Å²) in [6, 6.07) is 51.3. The summed E-state index contributed by atoms with van der Waals surface area (Å²) in [6.07, 6.45) is 0. The van der Waals surface area contributed by atoms with E-state index < -0.39 is 38.3 Å². The molecule has 0 atom stereocenters. The molecule has 0 aromatic heterocycles. The summed E-state index contributed by atoms with van der Waals surface area (Å²) in [4.78, 5) is 0. The lowest BCUT2D eigenvalue weighted by Gasteiger charge is -2.27. The summed E-state index contributed by atoms with van der Waals surface area (Å²) in [7, 11) is -15.5. The maximum Gasteiger partial charge on any atom is 0.480 e. The molecule has 0 saturated heterocycles. The Labute approximate surface area is 268 Å². The van der Waals surface area contributed by atoms with Crippen molar-refractivity contribution < 1.29 is 47.9 Å². The second kappa shape index (κ2) is 14.3. The number of halogens is 6. The number of para-hydroxylation sites is 1. The summed E-state index contributed by atoms with van der Waals surface area (Å²) in [5, 5.41) is 5.33. The van der Waals surface area contributed by atoms with Crippen molar-refractivity contribution in [1.82, 2.24) is 0 Å². The molecular weight excluding hydrogens is 687 g/mol. The summed E-state index contributed by atoms with van der Waals surface area (Å²) in [5.74, 6) is 1.68. The number of benzene rings is 5. The zero-order chi connectivity index (χ0) is 34.3. The molecular formula is C32H24F6NO5PS2. The molecule has 0 spiro atoms. The van der Waals surface area contributed by atoms with Crippen LogP contribution in [0.5, 0.6) is 11.5 Å². The van der Waals surface area contributed by atoms with Gasteiger partial charge in [0, 0.05) is 0 Å². The lowest BCUT2D eigenvalue weighted by atomic mass is 10.3. The minimum atomic E-state index is -6.72. The molecule has 5 aromatic carbocycles. The molecule has 15 heteroatoms. The van der Waals surface area contributed by atoms with Gasteiger partial charge in [-0.25, -0.2) is 16.8 Å². The van der Waals surface area contributed by atoms with Gasteiger partial charge < -0.3 is 8.86 Å². The third-order valence-electron chi connectivity index (χ3n) is 6.41. The summed E-state index contributed by atoms with van der Waals surface area (Å²) < 4.78 is 115. The Morgan fingerprint density at radius 2 is 0.702 bits per heavy atom. The Bertz CT molecular complexity index is 1820. The van der Waals surface area contributed by atoms with Crippen LogP contribution in [-0.4, -0.2) is 27.9 Å². The van der Waals surface area contributed by atoms with Crippen molar-refractivity contribution in [3.63, 3.8) is 0 Å². The first-order valence-electron chi connectivity index (χ1n) is 13.3. The van der Waals surface area contributed by atoms with E-state index in [9.17, 15) is 43.2 Å². The number of nitrogens with zero attached hydrogens (tertiary/aromatic N) is 1. The smallest absolute Gasteiger partial charge is 0.457 e. The van der Waals surface area contributed by atoms with E-state index in [0.29, 0.717) is 0 Å². The van der Waals surface area contributed by atoms with Crippen LogP contribution in [0.1, 0.15) is 0 Å². The van der Waals surface area contributed by atoms with Crippen LogP contribution < -0.4 is 26.0 Å². The fourth-order valence-electron chi connectivity index (χ4n) is 4.43. The molecule has 6 nitrogen and oxygen atoms in total. The summed E-state index contributed by atoms with van der Waals surface area (Å²) >= 11 is 0. The quantitative estimate of drug-likeness (QED) is 0.126. The lowest BCUT2D eigenvalue weighted by molar-refractivity contribution is -0.0444. The predicted molar refractivity (Wildman–Crippen MR) is 171 cm³/mol. The van der Waals surface area contributed by atoms with Gasteiger partial charge in [-0.15, -0.1) is 0 Å². The van der Waals surface area contributed by atoms with E-state index in [1.54, 1.807) is 0 Å². The molecule has 0 saturated carbocycles. The first kappa shape index (κ1) is 35.6. The van der Waals surface area contributed by atoms with Crippen molar-refractivity contribution in [2.24, 2.45) is 0 Å². The maximum absolute atomic E-state index is 11.4.